The number of carboxylic acids is 1. The van der Waals surface area contributed by atoms with Crippen LogP contribution >= 0.6 is 0 Å². The maximum Gasteiger partial charge on any atom is 0.326 e. The molecule has 0 aliphatic rings. The van der Waals surface area contributed by atoms with E-state index in [-0.39, 0.29) is 0 Å². The zero-order valence-electron chi connectivity index (χ0n) is 12.7. The molecule has 19 heavy (non-hydrogen) atoms. The van der Waals surface area contributed by atoms with Gasteiger partial charge in [-0.15, -0.1) is 0 Å². The Balaban J connectivity index is 4.41. The molecule has 0 unspecified atom stereocenters. The quantitative estimate of drug-likeness (QED) is 0.686. The van der Waals surface area contributed by atoms with Crippen LogP contribution in [-0.4, -0.2) is 41.9 Å². The van der Waals surface area contributed by atoms with Gasteiger partial charge in [0.2, 0.25) is 0 Å². The summed E-state index contributed by atoms with van der Waals surface area (Å²) in [7, 11) is 0. The molecule has 0 radical (unpaired) electrons. The zero-order chi connectivity index (χ0) is 15.3. The summed E-state index contributed by atoms with van der Waals surface area (Å²) in [5.41, 5.74) is -1.04. The Morgan fingerprint density at radius 3 is 2.11 bits per heavy atom. The molecule has 0 aromatic rings. The molecular formula is C13H26N2O4. The summed E-state index contributed by atoms with van der Waals surface area (Å²) in [5, 5.41) is 14.2. The smallest absolute Gasteiger partial charge is 0.326 e. The molecule has 0 aliphatic heterocycles. The van der Waals surface area contributed by atoms with Crippen molar-refractivity contribution in [2.24, 2.45) is 5.41 Å². The third-order valence-electron chi connectivity index (χ3n) is 2.60. The van der Waals surface area contributed by atoms with E-state index in [2.05, 4.69) is 10.6 Å². The van der Waals surface area contributed by atoms with Crippen LogP contribution in [0.25, 0.3) is 0 Å². The second kappa shape index (κ2) is 6.75. The van der Waals surface area contributed by atoms with Gasteiger partial charge in [-0.3, -0.25) is 0 Å². The molecule has 0 aromatic carbocycles. The van der Waals surface area contributed by atoms with Gasteiger partial charge >= 0.3 is 12.0 Å². The molecule has 0 fully saturated rings. The van der Waals surface area contributed by atoms with Crippen molar-refractivity contribution in [3.8, 4) is 0 Å². The maximum atomic E-state index is 11.7. The average molecular weight is 274 g/mol. The normalized spacial score (nSPS) is 13.8. The Hall–Kier alpha value is -1.30. The molecule has 0 aromatic heterocycles. The standard InChI is InChI=1S/C13H26N2O4/c1-7-19-13(5,6)8-14-11(18)15-9(10(16)17)12(2,3)4/h9H,7-8H2,1-6H3,(H,16,17)(H2,14,15,18)/t9-/m0/s1. The minimum Gasteiger partial charge on any atom is -0.480 e. The predicted octanol–water partition coefficient (Wildman–Crippen LogP) is 1.60. The highest BCUT2D eigenvalue weighted by molar-refractivity contribution is 5.83. The van der Waals surface area contributed by atoms with Crippen LogP contribution in [0.1, 0.15) is 41.5 Å². The number of carboxylic acid groups (broad SMARTS) is 1. The summed E-state index contributed by atoms with van der Waals surface area (Å²) in [5.74, 6) is -1.05. The number of hydrogen-bond acceptors (Lipinski definition) is 3. The van der Waals surface area contributed by atoms with E-state index in [1.165, 1.54) is 0 Å². The molecule has 0 spiro atoms. The van der Waals surface area contributed by atoms with E-state index in [4.69, 9.17) is 9.84 Å². The summed E-state index contributed by atoms with van der Waals surface area (Å²) >= 11 is 0. The molecule has 0 bridgehead atoms. The van der Waals surface area contributed by atoms with Crippen LogP contribution in [0.4, 0.5) is 4.79 Å². The van der Waals surface area contributed by atoms with Crippen LogP contribution in [0.15, 0.2) is 0 Å². The van der Waals surface area contributed by atoms with Crippen molar-refractivity contribution in [2.45, 2.75) is 53.2 Å². The number of hydrogen-bond donors (Lipinski definition) is 3. The first-order chi connectivity index (χ1) is 8.49. The zero-order valence-corrected chi connectivity index (χ0v) is 12.7. The van der Waals surface area contributed by atoms with E-state index in [0.29, 0.717) is 13.2 Å². The van der Waals surface area contributed by atoms with Crippen LogP contribution in [0.2, 0.25) is 0 Å². The molecule has 0 aliphatic carbocycles. The molecule has 6 nitrogen and oxygen atoms in total. The highest BCUT2D eigenvalue weighted by Gasteiger charge is 2.32. The van der Waals surface area contributed by atoms with Crippen molar-refractivity contribution in [1.29, 1.82) is 0 Å². The van der Waals surface area contributed by atoms with E-state index in [1.54, 1.807) is 20.8 Å². The number of aliphatic carboxylic acids is 1. The number of amides is 2. The van der Waals surface area contributed by atoms with Gasteiger partial charge in [0, 0.05) is 13.2 Å². The molecule has 0 rings (SSSR count). The summed E-state index contributed by atoms with van der Waals surface area (Å²) in [6, 6.07) is -1.45. The summed E-state index contributed by atoms with van der Waals surface area (Å²) in [6.45, 7) is 11.7. The Morgan fingerprint density at radius 1 is 1.21 bits per heavy atom. The molecule has 0 saturated carbocycles. The monoisotopic (exact) mass is 274 g/mol. The van der Waals surface area contributed by atoms with Crippen molar-refractivity contribution >= 4 is 12.0 Å². The van der Waals surface area contributed by atoms with Crippen molar-refractivity contribution in [2.75, 3.05) is 13.2 Å². The molecule has 1 atom stereocenters. The van der Waals surface area contributed by atoms with E-state index in [0.717, 1.165) is 0 Å². The predicted molar refractivity (Wildman–Crippen MR) is 73.1 cm³/mol. The van der Waals surface area contributed by atoms with Gasteiger partial charge in [0.15, 0.2) is 0 Å². The Kier molecular flexibility index (Phi) is 6.29. The lowest BCUT2D eigenvalue weighted by molar-refractivity contribution is -0.141. The van der Waals surface area contributed by atoms with Gasteiger partial charge in [-0.1, -0.05) is 20.8 Å². The summed E-state index contributed by atoms with van der Waals surface area (Å²) < 4.78 is 5.44. The van der Waals surface area contributed by atoms with Gasteiger partial charge in [-0.25, -0.2) is 9.59 Å². The maximum absolute atomic E-state index is 11.7. The first-order valence-electron chi connectivity index (χ1n) is 6.40. The fraction of sp³-hybridized carbons (Fsp3) is 0.846. The topological polar surface area (TPSA) is 87.7 Å². The third kappa shape index (κ3) is 7.00. The largest absolute Gasteiger partial charge is 0.480 e. The van der Waals surface area contributed by atoms with Crippen LogP contribution in [0.3, 0.4) is 0 Å². The fourth-order valence-electron chi connectivity index (χ4n) is 1.57. The Bertz CT molecular complexity index is 321. The van der Waals surface area contributed by atoms with Gasteiger partial charge < -0.3 is 20.5 Å². The molecule has 6 heteroatoms. The number of nitrogens with one attached hydrogen (secondary N) is 2. The first-order valence-corrected chi connectivity index (χ1v) is 6.40. The van der Waals surface area contributed by atoms with E-state index in [1.807, 2.05) is 20.8 Å². The molecule has 112 valence electrons. The van der Waals surface area contributed by atoms with Crippen molar-refractivity contribution in [3.63, 3.8) is 0 Å². The lowest BCUT2D eigenvalue weighted by Crippen LogP contribution is -2.54. The minimum atomic E-state index is -1.05. The van der Waals surface area contributed by atoms with Gasteiger partial charge in [-0.2, -0.15) is 0 Å². The van der Waals surface area contributed by atoms with E-state index < -0.39 is 29.1 Å². The van der Waals surface area contributed by atoms with Gasteiger partial charge in [-0.05, 0) is 26.2 Å². The molecule has 0 heterocycles. The summed E-state index contributed by atoms with van der Waals surface area (Å²) in [4.78, 5) is 22.8. The summed E-state index contributed by atoms with van der Waals surface area (Å²) in [6.07, 6.45) is 0. The van der Waals surface area contributed by atoms with Crippen molar-refractivity contribution in [1.82, 2.24) is 10.6 Å². The van der Waals surface area contributed by atoms with Crippen molar-refractivity contribution in [3.05, 3.63) is 0 Å². The fourth-order valence-corrected chi connectivity index (χ4v) is 1.57. The Labute approximate surface area is 114 Å². The highest BCUT2D eigenvalue weighted by Crippen LogP contribution is 2.19. The molecule has 3 N–H and O–H groups in total. The second-order valence-electron chi connectivity index (χ2n) is 6.16. The SMILES string of the molecule is CCOC(C)(C)CNC(=O)N[C@@H](C(=O)O)C(C)(C)C. The van der Waals surface area contributed by atoms with Crippen LogP contribution in [-0.2, 0) is 9.53 Å². The molecule has 0 saturated heterocycles. The number of carbonyl (C=O) groups is 2. The highest BCUT2D eigenvalue weighted by atomic mass is 16.5. The van der Waals surface area contributed by atoms with Crippen LogP contribution in [0.5, 0.6) is 0 Å². The number of carbonyl (C=O) groups excluding carboxylic acids is 1. The van der Waals surface area contributed by atoms with Gasteiger partial charge in [0.1, 0.15) is 6.04 Å². The van der Waals surface area contributed by atoms with Gasteiger partial charge in [0.05, 0.1) is 5.60 Å². The number of ether oxygens (including phenoxy) is 1. The lowest BCUT2D eigenvalue weighted by Gasteiger charge is -2.29. The number of urea groups is 1. The van der Waals surface area contributed by atoms with Crippen molar-refractivity contribution < 1.29 is 19.4 Å². The van der Waals surface area contributed by atoms with E-state index >= 15 is 0 Å². The molecular weight excluding hydrogens is 248 g/mol. The lowest BCUT2D eigenvalue weighted by atomic mass is 9.87. The second-order valence-corrected chi connectivity index (χ2v) is 6.16. The van der Waals surface area contributed by atoms with Crippen LogP contribution in [0, 0.1) is 5.41 Å². The van der Waals surface area contributed by atoms with Gasteiger partial charge in [0.25, 0.3) is 0 Å². The minimum absolute atomic E-state index is 0.309. The molecule has 2 amide bonds. The Morgan fingerprint density at radius 2 is 1.74 bits per heavy atom. The number of rotatable bonds is 6. The van der Waals surface area contributed by atoms with E-state index in [9.17, 15) is 9.59 Å². The first kappa shape index (κ1) is 17.7. The van der Waals surface area contributed by atoms with Crippen LogP contribution < -0.4 is 10.6 Å². The average Bonchev–Trinajstić information content (AvgIpc) is 2.21. The third-order valence-corrected chi connectivity index (χ3v) is 2.60.